The molecule has 0 spiro atoms. The third-order valence-electron chi connectivity index (χ3n) is 2.68. The van der Waals surface area contributed by atoms with Gasteiger partial charge in [0.25, 0.3) is 0 Å². The van der Waals surface area contributed by atoms with Gasteiger partial charge in [0.05, 0.1) is 5.03 Å². The van der Waals surface area contributed by atoms with Crippen molar-refractivity contribution in [2.24, 2.45) is 0 Å². The van der Waals surface area contributed by atoms with Crippen molar-refractivity contribution in [3.8, 4) is 0 Å². The average Bonchev–Trinajstić information content (AvgIpc) is 2.50. The van der Waals surface area contributed by atoms with E-state index in [0.717, 1.165) is 12.1 Å². The molecular weight excluding hydrogens is 330 g/mol. The first-order valence-electron chi connectivity index (χ1n) is 6.13. The number of rotatable bonds is 5. The predicted octanol–water partition coefficient (Wildman–Crippen LogP) is 4.51. The third-order valence-corrected chi connectivity index (χ3v) is 3.55. The summed E-state index contributed by atoms with van der Waals surface area (Å²) in [6.07, 6.45) is 4.55. The van der Waals surface area contributed by atoms with Gasteiger partial charge in [0.1, 0.15) is 5.15 Å². The Morgan fingerprint density at radius 2 is 2.05 bits per heavy atom. The highest BCUT2D eigenvalue weighted by molar-refractivity contribution is 8.02. The van der Waals surface area contributed by atoms with Crippen LogP contribution in [0.1, 0.15) is 10.4 Å². The van der Waals surface area contributed by atoms with E-state index in [-0.39, 0.29) is 10.9 Å². The second-order valence-electron chi connectivity index (χ2n) is 4.20. The largest absolute Gasteiger partial charge is 0.350 e. The number of benzene rings is 1. The van der Waals surface area contributed by atoms with Crippen LogP contribution in [-0.4, -0.2) is 17.0 Å². The molecule has 3 nitrogen and oxygen atoms in total. The van der Waals surface area contributed by atoms with E-state index in [1.54, 1.807) is 12.3 Å². The fraction of sp³-hybridized carbons (Fsp3) is 0.0667. The number of hydrogen-bond acceptors (Lipinski definition) is 4. The maximum absolute atomic E-state index is 13.2. The van der Waals surface area contributed by atoms with Crippen LogP contribution in [0.4, 0.5) is 14.5 Å². The molecular formula is C15H11ClF2N2OS. The van der Waals surface area contributed by atoms with Crippen molar-refractivity contribution in [1.29, 1.82) is 0 Å². The molecule has 0 radical (unpaired) electrons. The zero-order valence-electron chi connectivity index (χ0n) is 11.4. The topological polar surface area (TPSA) is 42.0 Å². The molecule has 0 amide bonds. The molecule has 1 aromatic heterocycles. The van der Waals surface area contributed by atoms with Crippen LogP contribution in [0.25, 0.3) is 0 Å². The summed E-state index contributed by atoms with van der Waals surface area (Å²) in [7, 11) is 0. The molecule has 1 aromatic carbocycles. The van der Waals surface area contributed by atoms with Gasteiger partial charge in [0.2, 0.25) is 0 Å². The summed E-state index contributed by atoms with van der Waals surface area (Å²) >= 11 is 7.01. The number of anilines is 1. The number of nitrogens with zero attached hydrogens (tertiary/aromatic N) is 1. The van der Waals surface area contributed by atoms with Gasteiger partial charge < -0.3 is 5.32 Å². The van der Waals surface area contributed by atoms with Gasteiger partial charge in [-0.3, -0.25) is 4.79 Å². The molecule has 1 heterocycles. The van der Waals surface area contributed by atoms with Crippen LogP contribution in [0.3, 0.4) is 0 Å². The van der Waals surface area contributed by atoms with Gasteiger partial charge in [-0.15, -0.1) is 11.8 Å². The van der Waals surface area contributed by atoms with Crippen LogP contribution in [0.2, 0.25) is 5.15 Å². The Balaban J connectivity index is 2.19. The zero-order valence-corrected chi connectivity index (χ0v) is 13.0. The van der Waals surface area contributed by atoms with Gasteiger partial charge in [-0.2, -0.15) is 0 Å². The molecule has 0 atom stereocenters. The van der Waals surface area contributed by atoms with Crippen molar-refractivity contribution in [3.05, 3.63) is 70.0 Å². The minimum atomic E-state index is -0.960. The molecule has 0 aliphatic heterocycles. The Bertz CT molecular complexity index is 737. The molecule has 2 rings (SSSR count). The quantitative estimate of drug-likeness (QED) is 0.494. The highest BCUT2D eigenvalue weighted by Gasteiger charge is 2.08. The lowest BCUT2D eigenvalue weighted by atomic mass is 10.2. The van der Waals surface area contributed by atoms with Crippen molar-refractivity contribution in [2.45, 2.75) is 0 Å². The minimum absolute atomic E-state index is 0.221. The van der Waals surface area contributed by atoms with Gasteiger partial charge >= 0.3 is 0 Å². The van der Waals surface area contributed by atoms with Crippen molar-refractivity contribution in [2.75, 3.05) is 11.6 Å². The number of carbonyl (C=O) groups is 1. The molecule has 0 bridgehead atoms. The predicted molar refractivity (Wildman–Crippen MR) is 85.2 cm³/mol. The minimum Gasteiger partial charge on any atom is -0.350 e. The maximum Gasteiger partial charge on any atom is 0.188 e. The SMILES string of the molecule is CS/C(=C/C(=O)c1ccnc(Cl)c1)Nc1ccc(F)c(F)c1. The van der Waals surface area contributed by atoms with Gasteiger partial charge in [0, 0.05) is 29.6 Å². The number of carbonyl (C=O) groups excluding carboxylic acids is 1. The van der Waals surface area contributed by atoms with Crippen LogP contribution in [0.5, 0.6) is 0 Å². The van der Waals surface area contributed by atoms with E-state index in [0.29, 0.717) is 16.3 Å². The number of allylic oxidation sites excluding steroid dienone is 1. The summed E-state index contributed by atoms with van der Waals surface area (Å²) in [5.41, 5.74) is 0.735. The third kappa shape index (κ3) is 4.29. The summed E-state index contributed by atoms with van der Waals surface area (Å²) in [5.74, 6) is -2.16. The van der Waals surface area contributed by atoms with E-state index in [9.17, 15) is 13.6 Å². The highest BCUT2D eigenvalue weighted by Crippen LogP contribution is 2.20. The number of ketones is 1. The van der Waals surface area contributed by atoms with Crippen molar-refractivity contribution in [1.82, 2.24) is 4.98 Å². The number of nitrogens with one attached hydrogen (secondary N) is 1. The smallest absolute Gasteiger partial charge is 0.188 e. The first kappa shape index (κ1) is 16.5. The van der Waals surface area contributed by atoms with E-state index < -0.39 is 11.6 Å². The lowest BCUT2D eigenvalue weighted by molar-refractivity contribution is 0.104. The molecule has 0 unspecified atom stereocenters. The van der Waals surface area contributed by atoms with E-state index >= 15 is 0 Å². The van der Waals surface area contributed by atoms with Crippen LogP contribution >= 0.6 is 23.4 Å². The fourth-order valence-corrected chi connectivity index (χ4v) is 2.24. The first-order chi connectivity index (χ1) is 10.5. The van der Waals surface area contributed by atoms with E-state index in [1.165, 1.54) is 36.2 Å². The second kappa shape index (κ2) is 7.38. The Morgan fingerprint density at radius 1 is 1.27 bits per heavy atom. The molecule has 0 aliphatic rings. The first-order valence-corrected chi connectivity index (χ1v) is 7.73. The molecule has 1 N–H and O–H groups in total. The summed E-state index contributed by atoms with van der Waals surface area (Å²) in [6, 6.07) is 6.42. The van der Waals surface area contributed by atoms with Crippen molar-refractivity contribution in [3.63, 3.8) is 0 Å². The van der Waals surface area contributed by atoms with Gasteiger partial charge in [-0.1, -0.05) is 11.6 Å². The van der Waals surface area contributed by atoms with Crippen LogP contribution in [0.15, 0.2) is 47.6 Å². The van der Waals surface area contributed by atoms with Gasteiger partial charge in [-0.25, -0.2) is 13.8 Å². The highest BCUT2D eigenvalue weighted by atomic mass is 35.5. The summed E-state index contributed by atoms with van der Waals surface area (Å²) in [4.78, 5) is 15.9. The standard InChI is InChI=1S/C15H11ClF2N2OS/c1-22-15(20-10-2-3-11(17)12(18)7-10)8-13(21)9-4-5-19-14(16)6-9/h2-8,20H,1H3/b15-8+. The number of pyridine rings is 1. The molecule has 0 aliphatic carbocycles. The molecule has 0 saturated carbocycles. The lowest BCUT2D eigenvalue weighted by Crippen LogP contribution is -2.02. The molecule has 0 fully saturated rings. The number of thioether (sulfide) groups is 1. The fourth-order valence-electron chi connectivity index (χ4n) is 1.62. The van der Waals surface area contributed by atoms with Crippen LogP contribution in [0, 0.1) is 11.6 Å². The Labute approximate surface area is 135 Å². The van der Waals surface area contributed by atoms with Crippen molar-refractivity contribution >= 4 is 34.8 Å². The number of aromatic nitrogens is 1. The van der Waals surface area contributed by atoms with Gasteiger partial charge in [0.15, 0.2) is 17.4 Å². The van der Waals surface area contributed by atoms with Gasteiger partial charge in [-0.05, 0) is 30.5 Å². The lowest BCUT2D eigenvalue weighted by Gasteiger charge is -2.09. The van der Waals surface area contributed by atoms with Crippen LogP contribution in [-0.2, 0) is 0 Å². The molecule has 7 heteroatoms. The number of hydrogen-bond donors (Lipinski definition) is 1. The summed E-state index contributed by atoms with van der Waals surface area (Å²) < 4.78 is 26.1. The number of halogens is 3. The molecule has 0 saturated heterocycles. The van der Waals surface area contributed by atoms with Crippen molar-refractivity contribution < 1.29 is 13.6 Å². The zero-order chi connectivity index (χ0) is 16.1. The summed E-state index contributed by atoms with van der Waals surface area (Å²) in [5, 5.41) is 3.57. The second-order valence-corrected chi connectivity index (χ2v) is 5.43. The normalized spacial score (nSPS) is 11.4. The van der Waals surface area contributed by atoms with E-state index in [1.807, 2.05) is 0 Å². The molecule has 114 valence electrons. The Hall–Kier alpha value is -1.92. The van der Waals surface area contributed by atoms with Crippen LogP contribution < -0.4 is 5.32 Å². The Kier molecular flexibility index (Phi) is 5.51. The Morgan fingerprint density at radius 3 is 2.68 bits per heavy atom. The maximum atomic E-state index is 13.2. The average molecular weight is 341 g/mol. The molecule has 22 heavy (non-hydrogen) atoms. The monoisotopic (exact) mass is 340 g/mol. The summed E-state index contributed by atoms with van der Waals surface area (Å²) in [6.45, 7) is 0. The molecule has 2 aromatic rings. The van der Waals surface area contributed by atoms with E-state index in [4.69, 9.17) is 11.6 Å². The van der Waals surface area contributed by atoms with E-state index in [2.05, 4.69) is 10.3 Å².